The van der Waals surface area contributed by atoms with Gasteiger partial charge in [0, 0.05) is 0 Å². The zero-order valence-electron chi connectivity index (χ0n) is 11.3. The van der Waals surface area contributed by atoms with Gasteiger partial charge in [0.15, 0.2) is 0 Å². The van der Waals surface area contributed by atoms with Crippen LogP contribution in [0.25, 0.3) is 0 Å². The van der Waals surface area contributed by atoms with Crippen LogP contribution in [-0.4, -0.2) is 11.7 Å². The van der Waals surface area contributed by atoms with Gasteiger partial charge in [-0.15, -0.1) is 0 Å². The molecule has 1 saturated carbocycles. The van der Waals surface area contributed by atoms with Crippen molar-refractivity contribution in [2.45, 2.75) is 59.8 Å². The zero-order valence-corrected chi connectivity index (χ0v) is 11.3. The molecule has 0 bridgehead atoms. The average Bonchev–Trinajstić information content (AvgIpc) is 2.15. The van der Waals surface area contributed by atoms with Crippen molar-refractivity contribution in [2.24, 2.45) is 16.7 Å². The van der Waals surface area contributed by atoms with Crippen molar-refractivity contribution in [3.05, 3.63) is 11.1 Å². The number of hydrogen-bond acceptors (Lipinski definition) is 1. The lowest BCUT2D eigenvalue weighted by molar-refractivity contribution is 0.00584. The Morgan fingerprint density at radius 2 is 1.94 bits per heavy atom. The molecular weight excluding hydrogens is 196 g/mol. The lowest BCUT2D eigenvalue weighted by Gasteiger charge is -2.54. The van der Waals surface area contributed by atoms with E-state index in [1.807, 2.05) is 0 Å². The van der Waals surface area contributed by atoms with Gasteiger partial charge in [-0.25, -0.2) is 0 Å². The number of fused-ring (bicyclic) bond motifs is 1. The van der Waals surface area contributed by atoms with E-state index in [0.717, 1.165) is 5.92 Å². The molecule has 1 heteroatoms. The van der Waals surface area contributed by atoms with Crippen LogP contribution in [-0.2, 0) is 0 Å². The van der Waals surface area contributed by atoms with Crippen molar-refractivity contribution in [1.29, 1.82) is 0 Å². The van der Waals surface area contributed by atoms with Gasteiger partial charge in [0.2, 0.25) is 0 Å². The van der Waals surface area contributed by atoms with Gasteiger partial charge in [-0.3, -0.25) is 0 Å². The topological polar surface area (TPSA) is 20.2 Å². The highest BCUT2D eigenvalue weighted by molar-refractivity contribution is 5.27. The molecule has 0 aromatic carbocycles. The highest BCUT2D eigenvalue weighted by Crippen LogP contribution is 2.59. The summed E-state index contributed by atoms with van der Waals surface area (Å²) in [6.45, 7) is 9.73. The summed E-state index contributed by atoms with van der Waals surface area (Å²) in [5.74, 6) is 0.764. The van der Waals surface area contributed by atoms with Gasteiger partial charge in [-0.05, 0) is 54.9 Å². The van der Waals surface area contributed by atoms with Crippen LogP contribution in [0.4, 0.5) is 0 Å². The Morgan fingerprint density at radius 1 is 1.25 bits per heavy atom. The van der Waals surface area contributed by atoms with E-state index in [1.165, 1.54) is 43.3 Å². The minimum atomic E-state index is 0.273. The Bertz CT molecular complexity index is 313. The van der Waals surface area contributed by atoms with Crippen LogP contribution in [0.15, 0.2) is 11.1 Å². The molecule has 1 fully saturated rings. The van der Waals surface area contributed by atoms with E-state index >= 15 is 0 Å². The molecule has 0 aromatic rings. The van der Waals surface area contributed by atoms with Crippen molar-refractivity contribution in [3.8, 4) is 0 Å². The molecule has 1 unspecified atom stereocenters. The van der Waals surface area contributed by atoms with Crippen molar-refractivity contribution in [3.63, 3.8) is 0 Å². The molecule has 1 N–H and O–H groups in total. The van der Waals surface area contributed by atoms with E-state index in [9.17, 15) is 5.11 Å². The Labute approximate surface area is 99.9 Å². The maximum Gasteiger partial charge on any atom is 0.0649 e. The molecule has 0 heterocycles. The molecule has 0 saturated heterocycles. The molecule has 0 radical (unpaired) electrons. The number of aliphatic hydroxyl groups is 1. The monoisotopic (exact) mass is 222 g/mol. The molecule has 16 heavy (non-hydrogen) atoms. The van der Waals surface area contributed by atoms with E-state index < -0.39 is 0 Å². The largest absolute Gasteiger partial charge is 0.392 e. The van der Waals surface area contributed by atoms with Gasteiger partial charge in [-0.2, -0.15) is 0 Å². The standard InChI is InChI=1S/C15H26O/c1-11-6-7-13-14(2,3)8-5-9-15(13,4)12(11)10-16/h13,16H,5-10H2,1-4H3/t13?,15-/m1/s1. The Kier molecular flexibility index (Phi) is 2.94. The minimum absolute atomic E-state index is 0.273. The molecule has 2 aliphatic carbocycles. The Morgan fingerprint density at radius 3 is 2.56 bits per heavy atom. The van der Waals surface area contributed by atoms with Gasteiger partial charge >= 0.3 is 0 Å². The summed E-state index contributed by atoms with van der Waals surface area (Å²) in [4.78, 5) is 0. The maximum absolute atomic E-state index is 9.68. The fourth-order valence-electron chi connectivity index (χ4n) is 4.51. The van der Waals surface area contributed by atoms with Gasteiger partial charge in [-0.1, -0.05) is 32.8 Å². The summed E-state index contributed by atoms with van der Waals surface area (Å²) in [6.07, 6.45) is 6.45. The molecule has 92 valence electrons. The van der Waals surface area contributed by atoms with Crippen LogP contribution in [0.5, 0.6) is 0 Å². The van der Waals surface area contributed by atoms with Gasteiger partial charge in [0.05, 0.1) is 6.61 Å². The lowest BCUT2D eigenvalue weighted by atomic mass is 9.50. The van der Waals surface area contributed by atoms with E-state index in [0.29, 0.717) is 5.41 Å². The van der Waals surface area contributed by atoms with E-state index in [-0.39, 0.29) is 12.0 Å². The zero-order chi connectivity index (χ0) is 12.0. The summed E-state index contributed by atoms with van der Waals surface area (Å²) in [6, 6.07) is 0. The van der Waals surface area contributed by atoms with Crippen molar-refractivity contribution >= 4 is 0 Å². The molecule has 2 rings (SSSR count). The van der Waals surface area contributed by atoms with Crippen LogP contribution < -0.4 is 0 Å². The Balaban J connectivity index is 2.42. The van der Waals surface area contributed by atoms with Crippen LogP contribution in [0.2, 0.25) is 0 Å². The molecule has 0 aromatic heterocycles. The number of rotatable bonds is 1. The number of aliphatic hydroxyl groups excluding tert-OH is 1. The predicted octanol–water partition coefficient (Wildman–Crippen LogP) is 3.92. The van der Waals surface area contributed by atoms with Gasteiger partial charge in [0.1, 0.15) is 0 Å². The summed E-state index contributed by atoms with van der Waals surface area (Å²) < 4.78 is 0. The van der Waals surface area contributed by atoms with Crippen LogP contribution in [0.1, 0.15) is 59.8 Å². The Hall–Kier alpha value is -0.300. The van der Waals surface area contributed by atoms with Gasteiger partial charge < -0.3 is 5.11 Å². The second kappa shape index (κ2) is 3.87. The van der Waals surface area contributed by atoms with Crippen LogP contribution >= 0.6 is 0 Å². The summed E-state index contributed by atoms with van der Waals surface area (Å²) in [5.41, 5.74) is 3.54. The first-order chi connectivity index (χ1) is 7.42. The summed E-state index contributed by atoms with van der Waals surface area (Å²) >= 11 is 0. The lowest BCUT2D eigenvalue weighted by Crippen LogP contribution is -2.46. The fraction of sp³-hybridized carbons (Fsp3) is 0.867. The van der Waals surface area contributed by atoms with Crippen molar-refractivity contribution in [1.82, 2.24) is 0 Å². The second-order valence-electron chi connectivity index (χ2n) is 6.77. The van der Waals surface area contributed by atoms with Crippen LogP contribution in [0.3, 0.4) is 0 Å². The molecule has 0 aliphatic heterocycles. The van der Waals surface area contributed by atoms with E-state index in [2.05, 4.69) is 27.7 Å². The van der Waals surface area contributed by atoms with Gasteiger partial charge in [0.25, 0.3) is 0 Å². The second-order valence-corrected chi connectivity index (χ2v) is 6.77. The average molecular weight is 222 g/mol. The highest BCUT2D eigenvalue weighted by Gasteiger charge is 2.49. The van der Waals surface area contributed by atoms with Crippen LogP contribution in [0, 0.1) is 16.7 Å². The van der Waals surface area contributed by atoms with E-state index in [4.69, 9.17) is 0 Å². The fourth-order valence-corrected chi connectivity index (χ4v) is 4.51. The molecule has 2 aliphatic rings. The quantitative estimate of drug-likeness (QED) is 0.667. The maximum atomic E-state index is 9.68. The minimum Gasteiger partial charge on any atom is -0.392 e. The first-order valence-corrected chi connectivity index (χ1v) is 6.72. The third-order valence-corrected chi connectivity index (χ3v) is 5.40. The summed E-state index contributed by atoms with van der Waals surface area (Å²) in [5, 5.41) is 9.68. The molecule has 1 nitrogen and oxygen atoms in total. The van der Waals surface area contributed by atoms with Crippen molar-refractivity contribution < 1.29 is 5.11 Å². The third kappa shape index (κ3) is 1.64. The third-order valence-electron chi connectivity index (χ3n) is 5.40. The first kappa shape index (κ1) is 12.2. The normalized spacial score (nSPS) is 38.4. The number of hydrogen-bond donors (Lipinski definition) is 1. The van der Waals surface area contributed by atoms with Crippen molar-refractivity contribution in [2.75, 3.05) is 6.61 Å². The molecular formula is C15H26O. The summed E-state index contributed by atoms with van der Waals surface area (Å²) in [7, 11) is 0. The highest BCUT2D eigenvalue weighted by atomic mass is 16.3. The molecule has 0 amide bonds. The number of allylic oxidation sites excluding steroid dienone is 1. The molecule has 2 atom stereocenters. The first-order valence-electron chi connectivity index (χ1n) is 6.72. The SMILES string of the molecule is CC1=C(CO)[C@@]2(C)CCCC(C)(C)C2CC1. The smallest absolute Gasteiger partial charge is 0.0649 e. The molecule has 0 spiro atoms. The predicted molar refractivity (Wildman–Crippen MR) is 68.2 cm³/mol. The van der Waals surface area contributed by atoms with E-state index in [1.54, 1.807) is 0 Å².